The molecule has 17 heavy (non-hydrogen) atoms. The SMILES string of the molecule is O=C(O)CC1CCCN(C(=O)c2cn[nH]c2)C1. The third-order valence-electron chi connectivity index (χ3n) is 3.01. The van der Waals surface area contributed by atoms with Crippen molar-refractivity contribution in [3.63, 3.8) is 0 Å². The number of rotatable bonds is 3. The van der Waals surface area contributed by atoms with Gasteiger partial charge in [0.15, 0.2) is 0 Å². The summed E-state index contributed by atoms with van der Waals surface area (Å²) in [5.74, 6) is -0.807. The van der Waals surface area contributed by atoms with Crippen molar-refractivity contribution in [1.82, 2.24) is 15.1 Å². The van der Waals surface area contributed by atoms with Crippen LogP contribution in [0.15, 0.2) is 12.4 Å². The van der Waals surface area contributed by atoms with Gasteiger partial charge in [-0.1, -0.05) is 0 Å². The number of likely N-dealkylation sites (tertiary alicyclic amines) is 1. The van der Waals surface area contributed by atoms with E-state index in [1.807, 2.05) is 0 Å². The molecule has 1 unspecified atom stereocenters. The molecule has 6 nitrogen and oxygen atoms in total. The van der Waals surface area contributed by atoms with E-state index in [1.54, 1.807) is 11.1 Å². The highest BCUT2D eigenvalue weighted by Gasteiger charge is 2.26. The highest BCUT2D eigenvalue weighted by Crippen LogP contribution is 2.20. The quantitative estimate of drug-likeness (QED) is 0.811. The Morgan fingerprint density at radius 2 is 2.41 bits per heavy atom. The molecule has 92 valence electrons. The summed E-state index contributed by atoms with van der Waals surface area (Å²) in [6.07, 6.45) is 4.92. The van der Waals surface area contributed by atoms with Gasteiger partial charge in [-0.3, -0.25) is 14.7 Å². The molecule has 1 saturated heterocycles. The summed E-state index contributed by atoms with van der Waals surface area (Å²) in [5.41, 5.74) is 0.529. The molecule has 1 aliphatic rings. The first kappa shape index (κ1) is 11.6. The first-order valence-corrected chi connectivity index (χ1v) is 5.66. The molecule has 1 aliphatic heterocycles. The van der Waals surface area contributed by atoms with Crippen LogP contribution in [0, 0.1) is 5.92 Å². The van der Waals surface area contributed by atoms with Gasteiger partial charge < -0.3 is 10.0 Å². The molecule has 0 saturated carbocycles. The van der Waals surface area contributed by atoms with E-state index in [1.165, 1.54) is 6.20 Å². The summed E-state index contributed by atoms with van der Waals surface area (Å²) in [7, 11) is 0. The predicted molar refractivity (Wildman–Crippen MR) is 59.5 cm³/mol. The Balaban J connectivity index is 1.97. The zero-order chi connectivity index (χ0) is 12.3. The number of nitrogens with zero attached hydrogens (tertiary/aromatic N) is 2. The smallest absolute Gasteiger partial charge is 0.303 e. The topological polar surface area (TPSA) is 86.3 Å². The van der Waals surface area contributed by atoms with Crippen molar-refractivity contribution < 1.29 is 14.7 Å². The molecular weight excluding hydrogens is 222 g/mol. The Bertz CT molecular complexity index is 402. The lowest BCUT2D eigenvalue weighted by Crippen LogP contribution is -2.40. The molecule has 0 bridgehead atoms. The van der Waals surface area contributed by atoms with Gasteiger partial charge in [-0.05, 0) is 18.8 Å². The van der Waals surface area contributed by atoms with Crippen molar-refractivity contribution in [2.75, 3.05) is 13.1 Å². The summed E-state index contributed by atoms with van der Waals surface area (Å²) in [5, 5.41) is 15.1. The van der Waals surface area contributed by atoms with Crippen molar-refractivity contribution >= 4 is 11.9 Å². The Morgan fingerprint density at radius 1 is 1.59 bits per heavy atom. The van der Waals surface area contributed by atoms with Gasteiger partial charge >= 0.3 is 5.97 Å². The Hall–Kier alpha value is -1.85. The van der Waals surface area contributed by atoms with Crippen LogP contribution < -0.4 is 0 Å². The van der Waals surface area contributed by atoms with Crippen molar-refractivity contribution in [2.45, 2.75) is 19.3 Å². The van der Waals surface area contributed by atoms with Crippen LogP contribution in [0.25, 0.3) is 0 Å². The Kier molecular flexibility index (Phi) is 3.41. The monoisotopic (exact) mass is 237 g/mol. The molecule has 2 rings (SSSR count). The van der Waals surface area contributed by atoms with Crippen LogP contribution in [0.5, 0.6) is 0 Å². The van der Waals surface area contributed by atoms with Crippen LogP contribution in [-0.4, -0.2) is 45.2 Å². The zero-order valence-electron chi connectivity index (χ0n) is 9.43. The third-order valence-corrected chi connectivity index (χ3v) is 3.01. The number of aromatic nitrogens is 2. The van der Waals surface area contributed by atoms with Crippen molar-refractivity contribution in [1.29, 1.82) is 0 Å². The highest BCUT2D eigenvalue weighted by molar-refractivity contribution is 5.93. The van der Waals surface area contributed by atoms with Gasteiger partial charge in [0, 0.05) is 25.7 Å². The standard InChI is InChI=1S/C11H15N3O3/c15-10(16)4-8-2-1-3-14(7-8)11(17)9-5-12-13-6-9/h5-6,8H,1-4,7H2,(H,12,13)(H,15,16). The number of H-pyrrole nitrogens is 1. The van der Waals surface area contributed by atoms with E-state index in [-0.39, 0.29) is 18.2 Å². The van der Waals surface area contributed by atoms with Gasteiger partial charge in [0.05, 0.1) is 11.8 Å². The fraction of sp³-hybridized carbons (Fsp3) is 0.545. The zero-order valence-corrected chi connectivity index (χ0v) is 9.43. The van der Waals surface area contributed by atoms with Crippen molar-refractivity contribution in [3.8, 4) is 0 Å². The van der Waals surface area contributed by atoms with Crippen molar-refractivity contribution in [3.05, 3.63) is 18.0 Å². The number of hydrogen-bond donors (Lipinski definition) is 2. The van der Waals surface area contributed by atoms with E-state index in [0.717, 1.165) is 12.8 Å². The minimum atomic E-state index is -0.799. The number of aliphatic carboxylic acids is 1. The van der Waals surface area contributed by atoms with Gasteiger partial charge in [-0.2, -0.15) is 5.10 Å². The van der Waals surface area contributed by atoms with Crippen LogP contribution in [0.1, 0.15) is 29.6 Å². The number of aromatic amines is 1. The molecule has 6 heteroatoms. The molecule has 0 aliphatic carbocycles. The van der Waals surface area contributed by atoms with Gasteiger partial charge in [0.2, 0.25) is 0 Å². The first-order chi connectivity index (χ1) is 8.16. The summed E-state index contributed by atoms with van der Waals surface area (Å²) in [6.45, 7) is 1.22. The highest BCUT2D eigenvalue weighted by atomic mass is 16.4. The maximum Gasteiger partial charge on any atom is 0.303 e. The molecule has 1 amide bonds. The molecule has 1 fully saturated rings. The second kappa shape index (κ2) is 4.99. The molecular formula is C11H15N3O3. The molecule has 1 aromatic rings. The van der Waals surface area contributed by atoms with Crippen LogP contribution in [0.2, 0.25) is 0 Å². The van der Waals surface area contributed by atoms with Crippen LogP contribution >= 0.6 is 0 Å². The number of amides is 1. The first-order valence-electron chi connectivity index (χ1n) is 5.66. The fourth-order valence-corrected chi connectivity index (χ4v) is 2.21. The van der Waals surface area contributed by atoms with Crippen LogP contribution in [0.3, 0.4) is 0 Å². The molecule has 0 aromatic carbocycles. The normalized spacial score (nSPS) is 20.2. The lowest BCUT2D eigenvalue weighted by Gasteiger charge is -2.31. The summed E-state index contributed by atoms with van der Waals surface area (Å²) >= 11 is 0. The second-order valence-corrected chi connectivity index (χ2v) is 4.34. The average Bonchev–Trinajstić information content (AvgIpc) is 2.81. The van der Waals surface area contributed by atoms with E-state index in [4.69, 9.17) is 5.11 Å². The maximum absolute atomic E-state index is 12.0. The van der Waals surface area contributed by atoms with E-state index in [9.17, 15) is 9.59 Å². The van der Waals surface area contributed by atoms with Crippen molar-refractivity contribution in [2.24, 2.45) is 5.92 Å². The lowest BCUT2D eigenvalue weighted by molar-refractivity contribution is -0.138. The van der Waals surface area contributed by atoms with E-state index < -0.39 is 5.97 Å². The second-order valence-electron chi connectivity index (χ2n) is 4.34. The third kappa shape index (κ3) is 2.83. The molecule has 1 aromatic heterocycles. The van der Waals surface area contributed by atoms with Crippen LogP contribution in [-0.2, 0) is 4.79 Å². The van der Waals surface area contributed by atoms with Gasteiger partial charge in [0.25, 0.3) is 5.91 Å². The maximum atomic E-state index is 12.0. The summed E-state index contributed by atoms with van der Waals surface area (Å²) < 4.78 is 0. The van der Waals surface area contributed by atoms with E-state index in [0.29, 0.717) is 18.7 Å². The number of carbonyl (C=O) groups is 2. The van der Waals surface area contributed by atoms with Gasteiger partial charge in [-0.15, -0.1) is 0 Å². The van der Waals surface area contributed by atoms with Crippen LogP contribution in [0.4, 0.5) is 0 Å². The number of carboxylic acids is 1. The molecule has 2 N–H and O–H groups in total. The molecule has 0 radical (unpaired) electrons. The summed E-state index contributed by atoms with van der Waals surface area (Å²) in [6, 6.07) is 0. The Labute approximate surface area is 98.6 Å². The van der Waals surface area contributed by atoms with E-state index in [2.05, 4.69) is 10.2 Å². The molecule has 2 heterocycles. The minimum Gasteiger partial charge on any atom is -0.481 e. The Morgan fingerprint density at radius 3 is 3.06 bits per heavy atom. The number of carbonyl (C=O) groups excluding carboxylic acids is 1. The summed E-state index contributed by atoms with van der Waals surface area (Å²) in [4.78, 5) is 24.4. The molecule has 0 spiro atoms. The average molecular weight is 237 g/mol. The van der Waals surface area contributed by atoms with Gasteiger partial charge in [0.1, 0.15) is 0 Å². The molecule has 1 atom stereocenters. The van der Waals surface area contributed by atoms with E-state index >= 15 is 0 Å². The number of piperidine rings is 1. The number of hydrogen-bond acceptors (Lipinski definition) is 3. The lowest BCUT2D eigenvalue weighted by atomic mass is 9.94. The largest absolute Gasteiger partial charge is 0.481 e. The minimum absolute atomic E-state index is 0.0668. The number of carboxylic acid groups (broad SMARTS) is 1. The van der Waals surface area contributed by atoms with Gasteiger partial charge in [-0.25, -0.2) is 0 Å². The predicted octanol–water partition coefficient (Wildman–Crippen LogP) is 0.737. The number of nitrogens with one attached hydrogen (secondary N) is 1. The fourth-order valence-electron chi connectivity index (χ4n) is 2.21.